The molecule has 0 atom stereocenters. The number of benzene rings is 1. The van der Waals surface area contributed by atoms with Crippen LogP contribution in [0.5, 0.6) is 0 Å². The molecule has 0 saturated carbocycles. The predicted octanol–water partition coefficient (Wildman–Crippen LogP) is 0.963. The summed E-state index contributed by atoms with van der Waals surface area (Å²) in [7, 11) is 0. The van der Waals surface area contributed by atoms with Crippen LogP contribution in [-0.2, 0) is 17.8 Å². The van der Waals surface area contributed by atoms with Crippen LogP contribution < -0.4 is 5.69 Å². The van der Waals surface area contributed by atoms with Gasteiger partial charge < -0.3 is 0 Å². The van der Waals surface area contributed by atoms with Crippen molar-refractivity contribution in [2.45, 2.75) is 13.0 Å². The molecule has 0 bridgehead atoms. The lowest BCUT2D eigenvalue weighted by atomic mass is 10.1. The average Bonchev–Trinajstić information content (AvgIpc) is 2.42. The van der Waals surface area contributed by atoms with Crippen molar-refractivity contribution in [3.63, 3.8) is 0 Å². The number of rotatable bonds is 5. The average molecular weight is 273 g/mol. The highest BCUT2D eigenvalue weighted by molar-refractivity contribution is 5.80. The minimum atomic E-state index is -0.683. The highest BCUT2D eigenvalue weighted by atomic mass is 16.6. The van der Waals surface area contributed by atoms with Crippen molar-refractivity contribution >= 4 is 11.5 Å². The summed E-state index contributed by atoms with van der Waals surface area (Å²) < 4.78 is 0.948. The molecule has 0 aliphatic heterocycles. The van der Waals surface area contributed by atoms with Gasteiger partial charge in [-0.3, -0.25) is 19.5 Å². The van der Waals surface area contributed by atoms with Crippen molar-refractivity contribution in [3.8, 4) is 0 Å². The maximum Gasteiger partial charge on any atom is 0.348 e. The maximum absolute atomic E-state index is 11.9. The molecule has 0 saturated heterocycles. The fraction of sp³-hybridized carbons (Fsp3) is 0.154. The molecule has 0 amide bonds. The number of Topliss-reactive ketones (excluding diaryl/α,β-unsaturated/α-hetero) is 1. The van der Waals surface area contributed by atoms with E-state index in [9.17, 15) is 19.7 Å². The Morgan fingerprint density at radius 3 is 2.65 bits per heavy atom. The summed E-state index contributed by atoms with van der Waals surface area (Å²) in [6.45, 7) is -0.234. The van der Waals surface area contributed by atoms with Gasteiger partial charge in [0.1, 0.15) is 6.20 Å². The van der Waals surface area contributed by atoms with Crippen molar-refractivity contribution in [1.29, 1.82) is 0 Å². The van der Waals surface area contributed by atoms with Gasteiger partial charge in [-0.2, -0.15) is 4.98 Å². The lowest BCUT2D eigenvalue weighted by Crippen LogP contribution is -2.26. The first-order valence-electron chi connectivity index (χ1n) is 5.83. The van der Waals surface area contributed by atoms with Gasteiger partial charge in [0, 0.05) is 6.42 Å². The number of hydrogen-bond acceptors (Lipinski definition) is 5. The van der Waals surface area contributed by atoms with Crippen LogP contribution >= 0.6 is 0 Å². The molecule has 7 heteroatoms. The molecule has 7 nitrogen and oxygen atoms in total. The monoisotopic (exact) mass is 273 g/mol. The zero-order valence-electron chi connectivity index (χ0n) is 10.4. The second-order valence-corrected chi connectivity index (χ2v) is 4.18. The molecule has 20 heavy (non-hydrogen) atoms. The van der Waals surface area contributed by atoms with Crippen molar-refractivity contribution in [2.24, 2.45) is 0 Å². The molecule has 2 aromatic rings. The SMILES string of the molecule is O=C(Cc1ccccc1)Cn1cc([N+](=O)[O-])cnc1=O. The van der Waals surface area contributed by atoms with E-state index in [0.29, 0.717) is 0 Å². The number of carbonyl (C=O) groups excluding carboxylic acids is 1. The molecule has 0 radical (unpaired) electrons. The maximum atomic E-state index is 11.9. The number of nitro groups is 1. The Balaban J connectivity index is 2.13. The van der Waals surface area contributed by atoms with Crippen LogP contribution in [0.3, 0.4) is 0 Å². The standard InChI is InChI=1S/C13H11N3O4/c17-12(6-10-4-2-1-3-5-10)9-15-8-11(16(19)20)7-14-13(15)18/h1-5,7-8H,6,9H2. The quantitative estimate of drug-likeness (QED) is 0.597. The van der Waals surface area contributed by atoms with Gasteiger partial charge in [-0.15, -0.1) is 0 Å². The molecule has 0 spiro atoms. The minimum Gasteiger partial charge on any atom is -0.297 e. The summed E-state index contributed by atoms with van der Waals surface area (Å²) in [6.07, 6.45) is 2.06. The Morgan fingerprint density at radius 2 is 2.00 bits per heavy atom. The van der Waals surface area contributed by atoms with Gasteiger partial charge in [-0.05, 0) is 5.56 Å². The van der Waals surface area contributed by atoms with Crippen LogP contribution in [0.15, 0.2) is 47.5 Å². The Morgan fingerprint density at radius 1 is 1.30 bits per heavy atom. The van der Waals surface area contributed by atoms with E-state index in [4.69, 9.17) is 0 Å². The zero-order valence-corrected chi connectivity index (χ0v) is 10.4. The van der Waals surface area contributed by atoms with E-state index in [1.54, 1.807) is 12.1 Å². The fourth-order valence-corrected chi connectivity index (χ4v) is 1.72. The van der Waals surface area contributed by atoms with E-state index in [1.807, 2.05) is 18.2 Å². The van der Waals surface area contributed by atoms with Crippen LogP contribution in [-0.4, -0.2) is 20.3 Å². The van der Waals surface area contributed by atoms with E-state index in [-0.39, 0.29) is 24.4 Å². The van der Waals surface area contributed by atoms with E-state index in [0.717, 1.165) is 22.5 Å². The molecule has 0 N–H and O–H groups in total. The molecular formula is C13H11N3O4. The van der Waals surface area contributed by atoms with E-state index in [2.05, 4.69) is 4.98 Å². The number of ketones is 1. The molecule has 2 rings (SSSR count). The third-order valence-corrected chi connectivity index (χ3v) is 2.64. The Bertz CT molecular complexity index is 694. The van der Waals surface area contributed by atoms with Crippen LogP contribution in [0.1, 0.15) is 5.56 Å². The summed E-state index contributed by atoms with van der Waals surface area (Å²) >= 11 is 0. The van der Waals surface area contributed by atoms with E-state index < -0.39 is 10.6 Å². The van der Waals surface area contributed by atoms with E-state index >= 15 is 0 Å². The lowest BCUT2D eigenvalue weighted by Gasteiger charge is -2.04. The van der Waals surface area contributed by atoms with Crippen molar-refractivity contribution in [2.75, 3.05) is 0 Å². The highest BCUT2D eigenvalue weighted by Crippen LogP contribution is 2.06. The van der Waals surface area contributed by atoms with Gasteiger partial charge in [0.05, 0.1) is 17.7 Å². The second kappa shape index (κ2) is 5.87. The van der Waals surface area contributed by atoms with Gasteiger partial charge in [-0.25, -0.2) is 4.79 Å². The first-order chi connectivity index (χ1) is 9.56. The third kappa shape index (κ3) is 3.35. The number of hydrogen-bond donors (Lipinski definition) is 0. The Hall–Kier alpha value is -2.83. The van der Waals surface area contributed by atoms with Crippen molar-refractivity contribution in [3.05, 3.63) is 68.9 Å². The largest absolute Gasteiger partial charge is 0.348 e. The predicted molar refractivity (Wildman–Crippen MR) is 70.3 cm³/mol. The second-order valence-electron chi connectivity index (χ2n) is 4.18. The van der Waals surface area contributed by atoms with Crippen LogP contribution in [0.25, 0.3) is 0 Å². The zero-order chi connectivity index (χ0) is 14.5. The summed E-state index contributed by atoms with van der Waals surface area (Å²) in [4.78, 5) is 36.6. The first-order valence-corrected chi connectivity index (χ1v) is 5.83. The fourth-order valence-electron chi connectivity index (χ4n) is 1.72. The number of nitrogens with zero attached hydrogens (tertiary/aromatic N) is 3. The van der Waals surface area contributed by atoms with Crippen molar-refractivity contribution in [1.82, 2.24) is 9.55 Å². The number of aromatic nitrogens is 2. The molecule has 1 aromatic heterocycles. The molecular weight excluding hydrogens is 262 g/mol. The van der Waals surface area contributed by atoms with Gasteiger partial charge in [-0.1, -0.05) is 30.3 Å². The van der Waals surface area contributed by atoms with Crippen LogP contribution in [0, 0.1) is 10.1 Å². The van der Waals surface area contributed by atoms with Crippen molar-refractivity contribution < 1.29 is 9.72 Å². The van der Waals surface area contributed by atoms with E-state index in [1.165, 1.54) is 0 Å². The molecule has 1 aromatic carbocycles. The summed E-state index contributed by atoms with van der Waals surface area (Å²) in [5.74, 6) is -0.222. The smallest absolute Gasteiger partial charge is 0.297 e. The topological polar surface area (TPSA) is 95.1 Å². The lowest BCUT2D eigenvalue weighted by molar-refractivity contribution is -0.385. The Kier molecular flexibility index (Phi) is 3.99. The molecule has 0 aliphatic rings. The Labute approximate surface area is 113 Å². The van der Waals surface area contributed by atoms with Gasteiger partial charge in [0.2, 0.25) is 0 Å². The molecule has 102 valence electrons. The van der Waals surface area contributed by atoms with Crippen LogP contribution in [0.4, 0.5) is 5.69 Å². The van der Waals surface area contributed by atoms with Gasteiger partial charge in [0.15, 0.2) is 5.78 Å². The van der Waals surface area contributed by atoms with Crippen LogP contribution in [0.2, 0.25) is 0 Å². The summed E-state index contributed by atoms with van der Waals surface area (Å²) in [5.41, 5.74) is -0.182. The van der Waals surface area contributed by atoms with Gasteiger partial charge >= 0.3 is 11.4 Å². The summed E-state index contributed by atoms with van der Waals surface area (Å²) in [6, 6.07) is 9.05. The minimum absolute atomic E-state index is 0.163. The first kappa shape index (κ1) is 13.6. The summed E-state index contributed by atoms with van der Waals surface area (Å²) in [5, 5.41) is 10.6. The third-order valence-electron chi connectivity index (χ3n) is 2.64. The highest BCUT2D eigenvalue weighted by Gasteiger charge is 2.12. The molecule has 1 heterocycles. The normalized spacial score (nSPS) is 10.2. The molecule has 0 aliphatic carbocycles. The number of carbonyl (C=O) groups is 1. The van der Waals surface area contributed by atoms with Gasteiger partial charge in [0.25, 0.3) is 0 Å². The molecule has 0 fully saturated rings. The molecule has 0 unspecified atom stereocenters.